The van der Waals surface area contributed by atoms with Gasteiger partial charge in [0.1, 0.15) is 0 Å². The molecule has 0 saturated heterocycles. The highest BCUT2D eigenvalue weighted by atomic mass is 35.5. The summed E-state index contributed by atoms with van der Waals surface area (Å²) in [5.74, 6) is -0.287. The Morgan fingerprint density at radius 1 is 0.862 bits per heavy atom. The molecule has 0 radical (unpaired) electrons. The summed E-state index contributed by atoms with van der Waals surface area (Å²) in [6.45, 7) is 19.2. The van der Waals surface area contributed by atoms with Gasteiger partial charge in [-0.3, -0.25) is 14.6 Å². The van der Waals surface area contributed by atoms with Crippen LogP contribution in [-0.2, 0) is 10.2 Å². The van der Waals surface area contributed by atoms with Crippen LogP contribution in [0.5, 0.6) is 0 Å². The van der Waals surface area contributed by atoms with Gasteiger partial charge in [0.2, 0.25) is 5.91 Å². The van der Waals surface area contributed by atoms with Gasteiger partial charge in [-0.25, -0.2) is 0 Å². The van der Waals surface area contributed by atoms with Gasteiger partial charge in [0.25, 0.3) is 0 Å². The lowest BCUT2D eigenvalue weighted by Gasteiger charge is -2.39. The topological polar surface area (TPSA) is 49.6 Å². The Morgan fingerprint density at radius 2 is 1.24 bits per heavy atom. The third kappa shape index (κ3) is 6.70. The van der Waals surface area contributed by atoms with Gasteiger partial charge in [0.15, 0.2) is 0 Å². The van der Waals surface area contributed by atoms with E-state index in [2.05, 4.69) is 65.2 Å². The number of carbonyl (C=O) groups excluding carboxylic acids is 1. The van der Waals surface area contributed by atoms with E-state index < -0.39 is 5.41 Å². The molecule has 166 valence electrons. The molecule has 0 heterocycles. The minimum absolute atomic E-state index is 0.287. The Hall–Kier alpha value is -1.10. The lowest BCUT2D eigenvalue weighted by molar-refractivity contribution is -0.124. The molecule has 0 aliphatic rings. The molecule has 0 spiro atoms. The Kier molecular flexibility index (Phi) is 10.1. The number of benzene rings is 1. The minimum atomic E-state index is -0.789. The summed E-state index contributed by atoms with van der Waals surface area (Å²) in [5.41, 5.74) is 6.18. The molecule has 0 aliphatic heterocycles. The third-order valence-electron chi connectivity index (χ3n) is 6.11. The van der Waals surface area contributed by atoms with Gasteiger partial charge in [-0.2, -0.15) is 0 Å². The maximum absolute atomic E-state index is 13.0. The zero-order valence-corrected chi connectivity index (χ0v) is 20.5. The Morgan fingerprint density at radius 3 is 1.55 bits per heavy atom. The SMILES string of the molecule is CC(C)N(CCC(CCN(C(C)C)C(C)C)(C(N)=O)c1ccccc1Cl)C(C)C. The number of hydrogen-bond acceptors (Lipinski definition) is 3. The first-order valence-corrected chi connectivity index (χ1v) is 11.4. The predicted octanol–water partition coefficient (Wildman–Crippen LogP) is 5.08. The van der Waals surface area contributed by atoms with E-state index in [1.54, 1.807) is 0 Å². The average Bonchev–Trinajstić information content (AvgIpc) is 2.59. The lowest BCUT2D eigenvalue weighted by atomic mass is 9.73. The maximum Gasteiger partial charge on any atom is 0.228 e. The molecule has 0 saturated carbocycles. The summed E-state index contributed by atoms with van der Waals surface area (Å²) in [5, 5.41) is 0.618. The van der Waals surface area contributed by atoms with Gasteiger partial charge in [-0.1, -0.05) is 29.8 Å². The van der Waals surface area contributed by atoms with Crippen LogP contribution in [0.2, 0.25) is 5.02 Å². The summed E-state index contributed by atoms with van der Waals surface area (Å²) in [7, 11) is 0. The van der Waals surface area contributed by atoms with Gasteiger partial charge in [-0.05, 0) is 79.9 Å². The van der Waals surface area contributed by atoms with Crippen LogP contribution in [0.25, 0.3) is 0 Å². The first kappa shape index (κ1) is 25.9. The van der Waals surface area contributed by atoms with Crippen molar-refractivity contribution in [1.29, 1.82) is 0 Å². The van der Waals surface area contributed by atoms with Crippen LogP contribution in [0, 0.1) is 0 Å². The quantitative estimate of drug-likeness (QED) is 0.509. The molecule has 0 bridgehead atoms. The molecule has 29 heavy (non-hydrogen) atoms. The summed E-state index contributed by atoms with van der Waals surface area (Å²) >= 11 is 6.60. The fourth-order valence-electron chi connectivity index (χ4n) is 4.49. The summed E-state index contributed by atoms with van der Waals surface area (Å²) < 4.78 is 0. The van der Waals surface area contributed by atoms with Crippen LogP contribution in [0.3, 0.4) is 0 Å². The van der Waals surface area contributed by atoms with E-state index in [1.165, 1.54) is 0 Å². The van der Waals surface area contributed by atoms with Crippen LogP contribution in [0.4, 0.5) is 0 Å². The molecule has 4 nitrogen and oxygen atoms in total. The van der Waals surface area contributed by atoms with Crippen LogP contribution in [0.15, 0.2) is 24.3 Å². The number of primary amides is 1. The van der Waals surface area contributed by atoms with Gasteiger partial charge < -0.3 is 5.73 Å². The second-order valence-corrected chi connectivity index (χ2v) is 9.68. The van der Waals surface area contributed by atoms with E-state index in [9.17, 15) is 4.79 Å². The molecule has 5 heteroatoms. The van der Waals surface area contributed by atoms with Gasteiger partial charge in [0, 0.05) is 42.3 Å². The molecule has 0 aromatic heterocycles. The summed E-state index contributed by atoms with van der Waals surface area (Å²) in [6.07, 6.45) is 1.32. The molecule has 1 aromatic carbocycles. The Bertz CT molecular complexity index is 603. The van der Waals surface area contributed by atoms with Crippen LogP contribution in [-0.4, -0.2) is 53.0 Å². The minimum Gasteiger partial charge on any atom is -0.369 e. The van der Waals surface area contributed by atoms with E-state index in [0.717, 1.165) is 18.7 Å². The molecular formula is C24H42ClN3O. The summed E-state index contributed by atoms with van der Waals surface area (Å²) in [4.78, 5) is 17.8. The molecule has 1 aromatic rings. The molecule has 2 N–H and O–H groups in total. The Balaban J connectivity index is 3.34. The van der Waals surface area contributed by atoms with E-state index in [1.807, 2.05) is 24.3 Å². The monoisotopic (exact) mass is 423 g/mol. The van der Waals surface area contributed by atoms with Crippen molar-refractivity contribution in [3.8, 4) is 0 Å². The first-order chi connectivity index (χ1) is 13.4. The predicted molar refractivity (Wildman–Crippen MR) is 126 cm³/mol. The van der Waals surface area contributed by atoms with Crippen LogP contribution < -0.4 is 5.73 Å². The standard InChI is InChI=1S/C24H42ClN3O/c1-17(2)27(18(3)4)15-13-24(23(26)29,21-11-9-10-12-22(21)25)14-16-28(19(5)6)20(7)8/h9-12,17-20H,13-16H2,1-8H3,(H2,26,29). The van der Waals surface area contributed by atoms with E-state index in [-0.39, 0.29) is 5.91 Å². The number of halogens is 1. The number of nitrogens with zero attached hydrogens (tertiary/aromatic N) is 2. The van der Waals surface area contributed by atoms with Crippen molar-refractivity contribution in [2.45, 2.75) is 97.8 Å². The highest BCUT2D eigenvalue weighted by Crippen LogP contribution is 2.37. The second-order valence-electron chi connectivity index (χ2n) is 9.28. The average molecular weight is 424 g/mol. The molecular weight excluding hydrogens is 382 g/mol. The van der Waals surface area contributed by atoms with Crippen molar-refractivity contribution >= 4 is 17.5 Å². The van der Waals surface area contributed by atoms with Crippen molar-refractivity contribution in [1.82, 2.24) is 9.80 Å². The van der Waals surface area contributed by atoms with Crippen molar-refractivity contribution in [3.05, 3.63) is 34.9 Å². The van der Waals surface area contributed by atoms with Gasteiger partial charge in [-0.15, -0.1) is 0 Å². The van der Waals surface area contributed by atoms with Crippen molar-refractivity contribution in [3.63, 3.8) is 0 Å². The largest absolute Gasteiger partial charge is 0.369 e. The normalized spacial score (nSPS) is 12.9. The number of amides is 1. The fourth-order valence-corrected chi connectivity index (χ4v) is 4.80. The van der Waals surface area contributed by atoms with Crippen molar-refractivity contribution < 1.29 is 4.79 Å². The molecule has 0 atom stereocenters. The second kappa shape index (κ2) is 11.3. The molecule has 0 unspecified atom stereocenters. The highest BCUT2D eigenvalue weighted by Gasteiger charge is 2.41. The number of carbonyl (C=O) groups is 1. The van der Waals surface area contributed by atoms with Crippen molar-refractivity contribution in [2.75, 3.05) is 13.1 Å². The van der Waals surface area contributed by atoms with E-state index in [4.69, 9.17) is 17.3 Å². The zero-order valence-electron chi connectivity index (χ0n) is 19.7. The van der Waals surface area contributed by atoms with Crippen molar-refractivity contribution in [2.24, 2.45) is 5.73 Å². The number of nitrogens with two attached hydrogens (primary N) is 1. The highest BCUT2D eigenvalue weighted by molar-refractivity contribution is 6.31. The van der Waals surface area contributed by atoms with Gasteiger partial charge >= 0.3 is 0 Å². The van der Waals surface area contributed by atoms with Crippen LogP contribution >= 0.6 is 11.6 Å². The Labute approximate surface area is 183 Å². The summed E-state index contributed by atoms with van der Waals surface area (Å²) in [6, 6.07) is 9.27. The lowest BCUT2D eigenvalue weighted by Crippen LogP contribution is -2.49. The number of hydrogen-bond donors (Lipinski definition) is 1. The molecule has 1 amide bonds. The first-order valence-electron chi connectivity index (χ1n) is 11.0. The smallest absolute Gasteiger partial charge is 0.228 e. The molecule has 0 fully saturated rings. The molecule has 0 aliphatic carbocycles. The zero-order chi connectivity index (χ0) is 22.4. The van der Waals surface area contributed by atoms with Gasteiger partial charge in [0.05, 0.1) is 5.41 Å². The number of rotatable bonds is 12. The third-order valence-corrected chi connectivity index (χ3v) is 6.44. The molecule has 1 rings (SSSR count). The fraction of sp³-hybridized carbons (Fsp3) is 0.708. The van der Waals surface area contributed by atoms with E-state index in [0.29, 0.717) is 42.0 Å². The maximum atomic E-state index is 13.0. The van der Waals surface area contributed by atoms with Crippen LogP contribution in [0.1, 0.15) is 73.8 Å². The van der Waals surface area contributed by atoms with E-state index >= 15 is 0 Å².